The number of hydrogen-bond acceptors (Lipinski definition) is 8. The smallest absolute Gasteiger partial charge is 0.273 e. The van der Waals surface area contributed by atoms with Crippen LogP contribution in [0.25, 0.3) is 0 Å². The molecule has 2 N–H and O–H groups in total. The molecule has 0 radical (unpaired) electrons. The zero-order chi connectivity index (χ0) is 27.4. The molecule has 0 unspecified atom stereocenters. The first-order valence-corrected chi connectivity index (χ1v) is 15.4. The van der Waals surface area contributed by atoms with Crippen LogP contribution in [-0.2, 0) is 0 Å². The summed E-state index contributed by atoms with van der Waals surface area (Å²) in [7, 11) is 0. The molecule has 6 fully saturated rings. The monoisotopic (exact) mass is 550 g/mol. The van der Waals surface area contributed by atoms with Crippen LogP contribution in [0.15, 0.2) is 21.2 Å². The first kappa shape index (κ1) is 26.2. The molecule has 10 nitrogen and oxygen atoms in total. The average molecular weight is 551 g/mol. The van der Waals surface area contributed by atoms with Crippen molar-refractivity contribution < 1.29 is 18.6 Å². The third kappa shape index (κ3) is 5.98. The Morgan fingerprint density at radius 2 is 1.07 bits per heavy atom. The molecule has 4 saturated carbocycles. The van der Waals surface area contributed by atoms with E-state index in [0.29, 0.717) is 35.1 Å². The quantitative estimate of drug-likeness (QED) is 0.513. The molecule has 4 atom stereocenters. The van der Waals surface area contributed by atoms with Gasteiger partial charge in [-0.05, 0) is 63.2 Å². The van der Waals surface area contributed by atoms with Crippen LogP contribution in [0.3, 0.4) is 0 Å². The van der Waals surface area contributed by atoms with Gasteiger partial charge in [0.1, 0.15) is 11.5 Å². The van der Waals surface area contributed by atoms with E-state index in [1.54, 1.807) is 0 Å². The van der Waals surface area contributed by atoms with Gasteiger partial charge in [0.15, 0.2) is 11.4 Å². The van der Waals surface area contributed by atoms with Crippen molar-refractivity contribution in [3.05, 3.63) is 35.0 Å². The first-order chi connectivity index (χ1) is 19.4. The Hall–Kier alpha value is -2.72. The lowest BCUT2D eigenvalue weighted by Crippen LogP contribution is -2.40. The molecule has 4 aliphatic carbocycles. The lowest BCUT2D eigenvalue weighted by molar-refractivity contribution is 0.0913. The van der Waals surface area contributed by atoms with E-state index in [2.05, 4.69) is 44.6 Å². The normalized spacial score (nSPS) is 30.6. The fraction of sp³-hybridized carbons (Fsp3) is 0.733. The van der Waals surface area contributed by atoms with Crippen LogP contribution in [0, 0.1) is 11.8 Å². The molecule has 2 aromatic rings. The molecule has 2 amide bonds. The van der Waals surface area contributed by atoms with Crippen molar-refractivity contribution in [3.8, 4) is 0 Å². The predicted molar refractivity (Wildman–Crippen MR) is 147 cm³/mol. The number of amides is 2. The molecule has 8 rings (SSSR count). The molecule has 2 aliphatic heterocycles. The lowest BCUT2D eigenvalue weighted by Gasteiger charge is -2.16. The van der Waals surface area contributed by atoms with Crippen molar-refractivity contribution in [2.75, 3.05) is 26.2 Å². The minimum Gasteiger partial charge on any atom is -0.360 e. The van der Waals surface area contributed by atoms with Gasteiger partial charge in [0.25, 0.3) is 11.8 Å². The average Bonchev–Trinajstić information content (AvgIpc) is 3.77. The highest BCUT2D eigenvalue weighted by atomic mass is 16.5. The van der Waals surface area contributed by atoms with Crippen LogP contribution < -0.4 is 10.6 Å². The minimum atomic E-state index is -0.0878. The second-order valence-electron chi connectivity index (χ2n) is 13.3. The summed E-state index contributed by atoms with van der Waals surface area (Å²) in [4.78, 5) is 29.5. The molecule has 2 aromatic heterocycles. The van der Waals surface area contributed by atoms with Gasteiger partial charge < -0.3 is 19.7 Å². The van der Waals surface area contributed by atoms with E-state index >= 15 is 0 Å². The van der Waals surface area contributed by atoms with Crippen LogP contribution in [-0.4, -0.2) is 82.3 Å². The van der Waals surface area contributed by atoms with Gasteiger partial charge in [-0.3, -0.25) is 19.4 Å². The molecular formula is C30H42N6O4. The second-order valence-corrected chi connectivity index (χ2v) is 13.3. The van der Waals surface area contributed by atoms with Crippen LogP contribution in [0.2, 0.25) is 0 Å². The summed E-state index contributed by atoms with van der Waals surface area (Å²) >= 11 is 0. The van der Waals surface area contributed by atoms with Gasteiger partial charge in [-0.1, -0.05) is 24.2 Å². The maximum Gasteiger partial charge on any atom is 0.273 e. The van der Waals surface area contributed by atoms with Gasteiger partial charge in [-0.25, -0.2) is 0 Å². The molecule has 216 valence electrons. The van der Waals surface area contributed by atoms with Gasteiger partial charge in [-0.15, -0.1) is 0 Å². The van der Waals surface area contributed by atoms with Crippen molar-refractivity contribution in [2.45, 2.75) is 101 Å². The Morgan fingerprint density at radius 3 is 1.43 bits per heavy atom. The van der Waals surface area contributed by atoms with E-state index in [9.17, 15) is 9.59 Å². The zero-order valence-corrected chi connectivity index (χ0v) is 23.7. The Labute approximate surface area is 235 Å². The van der Waals surface area contributed by atoms with Gasteiger partial charge >= 0.3 is 0 Å². The van der Waals surface area contributed by atoms with Crippen LogP contribution in [0.5, 0.6) is 0 Å². The van der Waals surface area contributed by atoms with Crippen LogP contribution >= 0.6 is 0 Å². The fourth-order valence-corrected chi connectivity index (χ4v) is 6.26. The molecule has 0 aromatic carbocycles. The predicted octanol–water partition coefficient (Wildman–Crippen LogP) is 3.53. The minimum absolute atomic E-state index is 0.0878. The largest absolute Gasteiger partial charge is 0.360 e. The summed E-state index contributed by atoms with van der Waals surface area (Å²) in [6.45, 7) is 8.58. The first-order valence-electron chi connectivity index (χ1n) is 15.4. The van der Waals surface area contributed by atoms with E-state index in [1.807, 2.05) is 12.1 Å². The van der Waals surface area contributed by atoms with E-state index in [4.69, 9.17) is 9.05 Å². The van der Waals surface area contributed by atoms with Crippen LogP contribution in [0.1, 0.15) is 110 Å². The topological polar surface area (TPSA) is 117 Å². The zero-order valence-electron chi connectivity index (χ0n) is 23.7. The second kappa shape index (κ2) is 10.6. The maximum absolute atomic E-state index is 12.2. The SMILES string of the molecule is C[C@@H]1CN(C2CC2)C[C@H]1NC(=O)c1cc(C2CC2)on1.C[C@H]1CN(C2CC2)C[C@H]1NC(=O)c1cc(C2CC2)on1. The molecule has 40 heavy (non-hydrogen) atoms. The van der Waals surface area contributed by atoms with Crippen molar-refractivity contribution >= 4 is 11.8 Å². The molecule has 0 bridgehead atoms. The Morgan fingerprint density at radius 1 is 0.675 bits per heavy atom. The number of carbonyl (C=O) groups excluding carboxylic acids is 2. The molecule has 4 heterocycles. The van der Waals surface area contributed by atoms with E-state index in [-0.39, 0.29) is 23.9 Å². The van der Waals surface area contributed by atoms with E-state index in [0.717, 1.165) is 75.5 Å². The van der Waals surface area contributed by atoms with Gasteiger partial charge in [0.2, 0.25) is 0 Å². The number of nitrogens with zero attached hydrogens (tertiary/aromatic N) is 4. The van der Waals surface area contributed by atoms with Gasteiger partial charge in [0, 0.05) is 74.3 Å². The highest BCUT2D eigenvalue weighted by molar-refractivity contribution is 5.93. The van der Waals surface area contributed by atoms with Gasteiger partial charge in [0.05, 0.1) is 0 Å². The van der Waals surface area contributed by atoms with E-state index < -0.39 is 0 Å². The van der Waals surface area contributed by atoms with Crippen molar-refractivity contribution in [1.82, 2.24) is 30.7 Å². The summed E-state index contributed by atoms with van der Waals surface area (Å²) in [6, 6.07) is 5.64. The Bertz CT molecular complexity index is 1130. The van der Waals surface area contributed by atoms with Crippen molar-refractivity contribution in [1.29, 1.82) is 0 Å². The summed E-state index contributed by atoms with van der Waals surface area (Å²) < 4.78 is 10.5. The number of rotatable bonds is 8. The molecule has 2 saturated heterocycles. The summed E-state index contributed by atoms with van der Waals surface area (Å²) in [5.41, 5.74) is 0.868. The molecule has 10 heteroatoms. The number of hydrogen-bond donors (Lipinski definition) is 2. The standard InChI is InChI=1S/2C15H21N3O2/c2*1-9-7-18(11-4-5-11)8-13(9)16-15(19)12-6-14(20-17-12)10-2-3-10/h2*6,9-11,13H,2-5,7-8H2,1H3,(H,16,19)/t9-,13+;9-,13-/m01/s1. The number of nitrogens with one attached hydrogen (secondary N) is 2. The summed E-state index contributed by atoms with van der Waals surface area (Å²) in [6.07, 6.45) is 9.92. The lowest BCUT2D eigenvalue weighted by atomic mass is 10.1. The number of carbonyl (C=O) groups is 2. The fourth-order valence-electron chi connectivity index (χ4n) is 6.26. The third-order valence-electron chi connectivity index (χ3n) is 9.52. The van der Waals surface area contributed by atoms with Gasteiger partial charge in [-0.2, -0.15) is 0 Å². The number of aromatic nitrogens is 2. The third-order valence-corrected chi connectivity index (χ3v) is 9.52. The van der Waals surface area contributed by atoms with Crippen molar-refractivity contribution in [2.24, 2.45) is 11.8 Å². The molecule has 0 spiro atoms. The summed E-state index contributed by atoms with van der Waals surface area (Å²) in [5.74, 6) is 3.58. The number of likely N-dealkylation sites (tertiary alicyclic amines) is 2. The van der Waals surface area contributed by atoms with Crippen molar-refractivity contribution in [3.63, 3.8) is 0 Å². The maximum atomic E-state index is 12.2. The molecule has 6 aliphatic rings. The Kier molecular flexibility index (Phi) is 6.94. The van der Waals surface area contributed by atoms with Crippen LogP contribution in [0.4, 0.5) is 0 Å². The molecular weight excluding hydrogens is 508 g/mol. The highest BCUT2D eigenvalue weighted by Gasteiger charge is 2.40. The summed E-state index contributed by atoms with van der Waals surface area (Å²) in [5, 5.41) is 14.1. The highest BCUT2D eigenvalue weighted by Crippen LogP contribution is 2.41. The van der Waals surface area contributed by atoms with E-state index in [1.165, 1.54) is 25.7 Å². The Balaban J connectivity index is 0.000000132.